The van der Waals surface area contributed by atoms with E-state index in [0.717, 1.165) is 16.7 Å². The second-order valence-corrected chi connectivity index (χ2v) is 10.6. The van der Waals surface area contributed by atoms with Crippen LogP contribution in [0.5, 0.6) is 0 Å². The molecule has 4 rings (SSSR count). The quantitative estimate of drug-likeness (QED) is 0.297. The normalized spacial score (nSPS) is 16.5. The van der Waals surface area contributed by atoms with E-state index in [1.54, 1.807) is 24.3 Å². The number of sulfonamides is 1. The molecular weight excluding hydrogens is 589 g/mol. The van der Waals surface area contributed by atoms with Crippen LogP contribution in [0.4, 0.5) is 0 Å². The zero-order chi connectivity index (χ0) is 27.4. The molecule has 2 atom stereocenters. The van der Waals surface area contributed by atoms with E-state index in [1.807, 2.05) is 84.9 Å². The van der Waals surface area contributed by atoms with E-state index in [4.69, 9.17) is 5.73 Å². The Morgan fingerprint density at radius 2 is 1.08 bits per heavy atom. The molecule has 1 aliphatic rings. The average molecular weight is 623 g/mol. The molecule has 1 fully saturated rings. The summed E-state index contributed by atoms with van der Waals surface area (Å²) in [6, 6.07) is 24.6. The van der Waals surface area contributed by atoms with E-state index in [0.29, 0.717) is 0 Å². The zero-order valence-corrected chi connectivity index (χ0v) is 24.8. The van der Waals surface area contributed by atoms with Gasteiger partial charge in [-0.05, 0) is 67.2 Å². The summed E-state index contributed by atoms with van der Waals surface area (Å²) < 4.78 is 28.6. The van der Waals surface area contributed by atoms with E-state index in [1.165, 1.54) is 17.8 Å². The van der Waals surface area contributed by atoms with E-state index in [-0.39, 0.29) is 4.90 Å². The average Bonchev–Trinajstić information content (AvgIpc) is 2.89. The van der Waals surface area contributed by atoms with E-state index in [9.17, 15) is 8.42 Å². The third-order valence-corrected chi connectivity index (χ3v) is 7.14. The van der Waals surface area contributed by atoms with Crippen molar-refractivity contribution in [2.24, 2.45) is 5.73 Å². The van der Waals surface area contributed by atoms with Crippen LogP contribution in [-0.2, 0) is 27.3 Å². The second-order valence-electron chi connectivity index (χ2n) is 8.92. The monoisotopic (exact) mass is 623 g/mol. The van der Waals surface area contributed by atoms with Crippen LogP contribution in [0.15, 0.2) is 89.8 Å². The van der Waals surface area contributed by atoms with Crippen LogP contribution < -0.4 is 10.5 Å². The molecule has 0 aliphatic heterocycles. The van der Waals surface area contributed by atoms with Crippen molar-refractivity contribution in [1.82, 2.24) is 4.72 Å². The summed E-state index contributed by atoms with van der Waals surface area (Å²) in [7, 11) is 0.861. The molecule has 0 heterocycles. The maximum atomic E-state index is 12.9. The molecule has 1 aliphatic carbocycles. The molecule has 3 aromatic rings. The first-order chi connectivity index (χ1) is 17.7. The van der Waals surface area contributed by atoms with E-state index >= 15 is 0 Å². The van der Waals surface area contributed by atoms with Crippen molar-refractivity contribution in [1.29, 1.82) is 0 Å². The van der Waals surface area contributed by atoms with Crippen molar-refractivity contribution in [2.45, 2.75) is 44.7 Å². The standard InChI is InChI=1S/C21H22N2O2S.C9H12.ClH.Ru/c1-16-12-14-19(15-13-16)26(24,25)23-21(18-10-6-3-7-11-18)20(22)17-8-4-2-5-9-17;1-7-4-8(2)6-9(3)5-7;;/h2-15,20-21,23H,22H2,1H3;4-6H,1-3H3;1H;/q;;;+1/p-1/t20-,21-;;;/m0.../s1. The Kier molecular flexibility index (Phi) is 13.5. The van der Waals surface area contributed by atoms with Gasteiger partial charge in [-0.1, -0.05) is 99.1 Å². The Hall–Kier alpha value is -1.56. The van der Waals surface area contributed by atoms with Gasteiger partial charge < -0.3 is 5.73 Å². The number of halogens is 1. The summed E-state index contributed by atoms with van der Waals surface area (Å²) in [5.41, 5.74) is 9.15. The van der Waals surface area contributed by atoms with Gasteiger partial charge >= 0.3 is 27.0 Å². The van der Waals surface area contributed by atoms with Gasteiger partial charge in [-0.3, -0.25) is 0 Å². The van der Waals surface area contributed by atoms with Gasteiger partial charge in [0.1, 0.15) is 0 Å². The van der Waals surface area contributed by atoms with E-state index in [2.05, 4.69) is 54.4 Å². The summed E-state index contributed by atoms with van der Waals surface area (Å²) >= 11 is 1.82. The molecule has 3 aromatic carbocycles. The molecule has 3 N–H and O–H groups in total. The Labute approximate surface area is 238 Å². The number of hydrogen-bond donors (Lipinski definition) is 2. The predicted octanol–water partition coefficient (Wildman–Crippen LogP) is 6.80. The second kappa shape index (κ2) is 15.8. The molecule has 0 saturated heterocycles. The summed E-state index contributed by atoms with van der Waals surface area (Å²) in [6.07, 6.45) is 6.56. The van der Waals surface area contributed by atoms with Gasteiger partial charge in [-0.2, -0.15) is 0 Å². The van der Waals surface area contributed by atoms with Crippen molar-refractivity contribution in [3.63, 3.8) is 0 Å². The zero-order valence-electron chi connectivity index (χ0n) is 21.5. The first-order valence-corrected chi connectivity index (χ1v) is 15.5. The van der Waals surface area contributed by atoms with Crippen LogP contribution >= 0.6 is 9.69 Å². The van der Waals surface area contributed by atoms with Gasteiger partial charge in [0.2, 0.25) is 10.0 Å². The fourth-order valence-corrected chi connectivity index (χ4v) is 5.28. The van der Waals surface area contributed by atoms with Crippen molar-refractivity contribution in [3.8, 4) is 0 Å². The Morgan fingerprint density at radius 1 is 0.676 bits per heavy atom. The molecule has 197 valence electrons. The molecular formula is C30H34ClN2O2RuS. The van der Waals surface area contributed by atoms with Crippen molar-refractivity contribution in [2.75, 3.05) is 0 Å². The van der Waals surface area contributed by atoms with E-state index < -0.39 is 22.1 Å². The molecule has 0 amide bonds. The Bertz CT molecular complexity index is 1120. The summed E-state index contributed by atoms with van der Waals surface area (Å²) in [5.74, 6) is 4.06. The van der Waals surface area contributed by atoms with Gasteiger partial charge in [0.15, 0.2) is 0 Å². The number of aryl methyl sites for hydroxylation is 1. The first kappa shape index (κ1) is 31.7. The number of benzene rings is 3. The summed E-state index contributed by atoms with van der Waals surface area (Å²) in [4.78, 5) is 0.226. The van der Waals surface area contributed by atoms with Crippen LogP contribution in [0.1, 0.15) is 49.5 Å². The predicted molar refractivity (Wildman–Crippen MR) is 150 cm³/mol. The molecule has 0 spiro atoms. The molecule has 7 heteroatoms. The van der Waals surface area contributed by atoms with Crippen molar-refractivity contribution in [3.05, 3.63) is 139 Å². The molecule has 6 radical (unpaired) electrons. The minimum atomic E-state index is -3.71. The minimum absolute atomic E-state index is 0.226. The fourth-order valence-electron chi connectivity index (χ4n) is 4.03. The van der Waals surface area contributed by atoms with Crippen LogP contribution in [0.2, 0.25) is 0 Å². The maximum absolute atomic E-state index is 12.9. The Balaban J connectivity index is 0.000000367. The number of hydrogen-bond acceptors (Lipinski definition) is 3. The first-order valence-electron chi connectivity index (χ1n) is 11.8. The SMILES string of the molecule is C[C]1[CH][C](C)[CH][C](C)[CH]1.Cc1ccc(S(=O)(=O)N[C@@H](c2ccccc2)[C@@H](N)c2ccccc2)cc1.[Cl][Ru]. The number of nitrogens with one attached hydrogen (secondary N) is 1. The molecule has 37 heavy (non-hydrogen) atoms. The van der Waals surface area contributed by atoms with Crippen molar-refractivity contribution < 1.29 is 25.7 Å². The molecule has 0 aromatic heterocycles. The molecule has 0 bridgehead atoms. The molecule has 4 nitrogen and oxygen atoms in total. The van der Waals surface area contributed by atoms with Gasteiger partial charge in [0.05, 0.1) is 17.0 Å². The van der Waals surface area contributed by atoms with Crippen LogP contribution in [0, 0.1) is 43.9 Å². The van der Waals surface area contributed by atoms with Crippen LogP contribution in [-0.4, -0.2) is 8.42 Å². The fraction of sp³-hybridized carbons (Fsp3) is 0.200. The summed E-state index contributed by atoms with van der Waals surface area (Å²) in [6.45, 7) is 8.29. The van der Waals surface area contributed by atoms with Gasteiger partial charge in [-0.25, -0.2) is 13.1 Å². The third kappa shape index (κ3) is 10.3. The molecule has 1 saturated carbocycles. The van der Waals surface area contributed by atoms with Gasteiger partial charge in [0.25, 0.3) is 0 Å². The topological polar surface area (TPSA) is 72.2 Å². The summed E-state index contributed by atoms with van der Waals surface area (Å²) in [5, 5.41) is 0. The Morgan fingerprint density at radius 3 is 1.51 bits per heavy atom. The van der Waals surface area contributed by atoms with Crippen molar-refractivity contribution >= 4 is 19.7 Å². The van der Waals surface area contributed by atoms with Crippen LogP contribution in [0.25, 0.3) is 0 Å². The van der Waals surface area contributed by atoms with Crippen LogP contribution in [0.3, 0.4) is 0 Å². The number of nitrogens with two attached hydrogens (primary N) is 1. The van der Waals surface area contributed by atoms with Gasteiger partial charge in [0, 0.05) is 0 Å². The third-order valence-electron chi connectivity index (χ3n) is 5.68. The van der Waals surface area contributed by atoms with Gasteiger partial charge in [-0.15, -0.1) is 0 Å². The molecule has 0 unspecified atom stereocenters. The number of rotatable bonds is 6.